The summed E-state index contributed by atoms with van der Waals surface area (Å²) in [5.74, 6) is 0.613. The number of anilines is 1. The van der Waals surface area contributed by atoms with Gasteiger partial charge in [-0.15, -0.1) is 0 Å². The van der Waals surface area contributed by atoms with Crippen LogP contribution in [0, 0.1) is 5.92 Å². The Labute approximate surface area is 200 Å². The van der Waals surface area contributed by atoms with Crippen molar-refractivity contribution in [1.82, 2.24) is 14.4 Å². The Bertz CT molecular complexity index is 1220. The van der Waals surface area contributed by atoms with Crippen molar-refractivity contribution >= 4 is 21.6 Å². The third kappa shape index (κ3) is 4.77. The number of hydrogen-bond acceptors (Lipinski definition) is 5. The van der Waals surface area contributed by atoms with Gasteiger partial charge in [-0.2, -0.15) is 0 Å². The molecular formula is C25H32N4O4S. The molecule has 1 amide bonds. The predicted molar refractivity (Wildman–Crippen MR) is 131 cm³/mol. The van der Waals surface area contributed by atoms with Gasteiger partial charge in [0.1, 0.15) is 5.69 Å². The summed E-state index contributed by atoms with van der Waals surface area (Å²) in [6, 6.07) is 13.0. The average molecular weight is 485 g/mol. The van der Waals surface area contributed by atoms with Crippen LogP contribution in [0.2, 0.25) is 0 Å². The molecule has 0 saturated carbocycles. The molecule has 5 rings (SSSR count). The van der Waals surface area contributed by atoms with Gasteiger partial charge in [0, 0.05) is 57.3 Å². The van der Waals surface area contributed by atoms with E-state index in [0.29, 0.717) is 24.1 Å². The van der Waals surface area contributed by atoms with E-state index in [2.05, 4.69) is 9.62 Å². The Balaban J connectivity index is 1.30. The maximum absolute atomic E-state index is 13.2. The highest BCUT2D eigenvalue weighted by Gasteiger charge is 2.38. The first-order valence-electron chi connectivity index (χ1n) is 12.1. The number of nitrogens with zero attached hydrogens (tertiary/aromatic N) is 3. The lowest BCUT2D eigenvalue weighted by Gasteiger charge is -2.47. The highest BCUT2D eigenvalue weighted by Crippen LogP contribution is 2.37. The lowest BCUT2D eigenvalue weighted by atomic mass is 9.82. The minimum atomic E-state index is -3.69. The Morgan fingerprint density at radius 2 is 1.76 bits per heavy atom. The van der Waals surface area contributed by atoms with Crippen LogP contribution in [0.1, 0.15) is 43.4 Å². The zero-order valence-corrected chi connectivity index (χ0v) is 20.3. The third-order valence-corrected chi connectivity index (χ3v) is 8.77. The second-order valence-electron chi connectivity index (χ2n) is 9.92. The van der Waals surface area contributed by atoms with Gasteiger partial charge in [0.25, 0.3) is 5.56 Å². The van der Waals surface area contributed by atoms with Gasteiger partial charge in [-0.25, -0.2) is 8.42 Å². The highest BCUT2D eigenvalue weighted by atomic mass is 32.2. The van der Waals surface area contributed by atoms with Gasteiger partial charge >= 0.3 is 0 Å². The number of carbonyl (C=O) groups is 1. The summed E-state index contributed by atoms with van der Waals surface area (Å²) in [5.41, 5.74) is 1.54. The molecule has 0 aliphatic carbocycles. The summed E-state index contributed by atoms with van der Waals surface area (Å²) >= 11 is 0. The second kappa shape index (κ2) is 9.19. The van der Waals surface area contributed by atoms with E-state index in [1.165, 1.54) is 0 Å². The van der Waals surface area contributed by atoms with Crippen LogP contribution in [0.25, 0.3) is 0 Å². The van der Waals surface area contributed by atoms with E-state index in [0.717, 1.165) is 51.1 Å². The number of carbonyl (C=O) groups excluding carboxylic acids is 1. The van der Waals surface area contributed by atoms with Crippen molar-refractivity contribution in [1.29, 1.82) is 0 Å². The minimum Gasteiger partial charge on any atom is -0.343 e. The summed E-state index contributed by atoms with van der Waals surface area (Å²) in [4.78, 5) is 29.4. The molecule has 0 radical (unpaired) electrons. The van der Waals surface area contributed by atoms with E-state index in [4.69, 9.17) is 0 Å². The number of piperidine rings is 2. The summed E-state index contributed by atoms with van der Waals surface area (Å²) in [5, 5.41) is 0. The molecule has 0 unspecified atom stereocenters. The van der Waals surface area contributed by atoms with Crippen LogP contribution in [-0.2, 0) is 27.1 Å². The van der Waals surface area contributed by atoms with Crippen molar-refractivity contribution in [2.75, 3.05) is 30.9 Å². The summed E-state index contributed by atoms with van der Waals surface area (Å²) < 4.78 is 29.7. The van der Waals surface area contributed by atoms with Crippen molar-refractivity contribution in [2.45, 2.75) is 50.4 Å². The average Bonchev–Trinajstić information content (AvgIpc) is 2.81. The van der Waals surface area contributed by atoms with Crippen molar-refractivity contribution in [3.63, 3.8) is 0 Å². The normalized spacial score (nSPS) is 23.4. The molecule has 1 aromatic heterocycles. The van der Waals surface area contributed by atoms with Gasteiger partial charge in [0.2, 0.25) is 15.9 Å². The van der Waals surface area contributed by atoms with Gasteiger partial charge in [0.15, 0.2) is 0 Å². The van der Waals surface area contributed by atoms with Gasteiger partial charge in [-0.05, 0) is 42.9 Å². The first kappa shape index (κ1) is 23.1. The zero-order valence-electron chi connectivity index (χ0n) is 19.5. The van der Waals surface area contributed by atoms with Gasteiger partial charge in [-0.1, -0.05) is 30.3 Å². The maximum atomic E-state index is 13.2. The number of nitrogens with one attached hydrogen (secondary N) is 1. The number of fused-ring (bicyclic) bond motifs is 4. The van der Waals surface area contributed by atoms with Crippen LogP contribution >= 0.6 is 0 Å². The topological polar surface area (TPSA) is 91.7 Å². The quantitative estimate of drug-likeness (QED) is 0.703. The molecule has 182 valence electrons. The van der Waals surface area contributed by atoms with Crippen molar-refractivity contribution in [3.8, 4) is 0 Å². The van der Waals surface area contributed by atoms with Crippen molar-refractivity contribution < 1.29 is 13.2 Å². The molecule has 2 saturated heterocycles. The van der Waals surface area contributed by atoms with Crippen LogP contribution in [0.4, 0.5) is 5.69 Å². The number of sulfonamides is 1. The van der Waals surface area contributed by atoms with Crippen molar-refractivity contribution in [3.05, 3.63) is 64.1 Å². The van der Waals surface area contributed by atoms with Gasteiger partial charge < -0.3 is 9.47 Å². The number of aromatic nitrogens is 1. The molecule has 3 aliphatic heterocycles. The molecule has 3 aliphatic rings. The predicted octanol–water partition coefficient (Wildman–Crippen LogP) is 2.22. The van der Waals surface area contributed by atoms with E-state index in [9.17, 15) is 18.0 Å². The Morgan fingerprint density at radius 1 is 1.03 bits per heavy atom. The highest BCUT2D eigenvalue weighted by molar-refractivity contribution is 7.91. The van der Waals surface area contributed by atoms with Crippen molar-refractivity contribution in [2.24, 2.45) is 5.92 Å². The fraction of sp³-hybridized carbons (Fsp3) is 0.520. The number of amides is 1. The maximum Gasteiger partial charge on any atom is 0.275 e. The molecule has 4 heterocycles. The second-order valence-corrected chi connectivity index (χ2v) is 11.6. The Morgan fingerprint density at radius 3 is 2.47 bits per heavy atom. The van der Waals surface area contributed by atoms with Crippen LogP contribution in [0.15, 0.2) is 47.3 Å². The zero-order chi connectivity index (χ0) is 23.9. The van der Waals surface area contributed by atoms with Crippen LogP contribution in [-0.4, -0.2) is 60.9 Å². The molecule has 34 heavy (non-hydrogen) atoms. The molecule has 0 spiro atoms. The van der Waals surface area contributed by atoms with E-state index in [1.54, 1.807) is 41.8 Å². The standard InChI is InChI=1S/C25H32N4O4S/c1-18(30)27-11-9-22(10-12-27)28-14-20-13-21(16-28)24-8-7-23(25(31)29(24)15-20)26-34(32,33)17-19-5-3-2-4-6-19/h2-8,20-22,26H,9-17H2,1H3/t20-,21+/m0/s1. The van der Waals surface area contributed by atoms with E-state index >= 15 is 0 Å². The summed E-state index contributed by atoms with van der Waals surface area (Å²) in [6.07, 6.45) is 3.04. The lowest BCUT2D eigenvalue weighted by Crippen LogP contribution is -2.53. The first-order valence-corrected chi connectivity index (χ1v) is 13.7. The number of pyridine rings is 1. The Hall–Kier alpha value is -2.65. The van der Waals surface area contributed by atoms with Crippen LogP contribution in [0.5, 0.6) is 0 Å². The number of rotatable bonds is 5. The van der Waals surface area contributed by atoms with E-state index in [-0.39, 0.29) is 28.8 Å². The minimum absolute atomic E-state index is 0.119. The molecule has 2 aromatic rings. The van der Waals surface area contributed by atoms with Gasteiger partial charge in [-0.3, -0.25) is 19.2 Å². The number of likely N-dealkylation sites (tertiary alicyclic amines) is 2. The monoisotopic (exact) mass is 484 g/mol. The molecule has 2 bridgehead atoms. The Kier molecular flexibility index (Phi) is 6.24. The molecule has 2 fully saturated rings. The fourth-order valence-electron chi connectivity index (χ4n) is 5.90. The lowest BCUT2D eigenvalue weighted by molar-refractivity contribution is -0.130. The molecule has 1 N–H and O–H groups in total. The third-order valence-electron chi connectivity index (χ3n) is 7.52. The van der Waals surface area contributed by atoms with Crippen LogP contribution in [0.3, 0.4) is 0 Å². The SMILES string of the molecule is CC(=O)N1CCC(N2C[C@@H]3C[C@H](C2)c2ccc(NS(=O)(=O)Cc4ccccc4)c(=O)n2C3)CC1. The fourth-order valence-corrected chi connectivity index (χ4v) is 7.10. The van der Waals surface area contributed by atoms with E-state index in [1.807, 2.05) is 17.0 Å². The molecule has 2 atom stereocenters. The van der Waals surface area contributed by atoms with E-state index < -0.39 is 10.0 Å². The number of benzene rings is 1. The molecule has 1 aromatic carbocycles. The molecule has 9 heteroatoms. The summed E-state index contributed by atoms with van der Waals surface area (Å²) in [6.45, 7) is 5.72. The largest absolute Gasteiger partial charge is 0.343 e. The first-order chi connectivity index (χ1) is 16.3. The van der Waals surface area contributed by atoms with Gasteiger partial charge in [0.05, 0.1) is 5.75 Å². The smallest absolute Gasteiger partial charge is 0.275 e. The molecule has 8 nitrogen and oxygen atoms in total. The van der Waals surface area contributed by atoms with Crippen LogP contribution < -0.4 is 10.3 Å². The summed E-state index contributed by atoms with van der Waals surface area (Å²) in [7, 11) is -3.69. The number of hydrogen-bond donors (Lipinski definition) is 1. The molecular weight excluding hydrogens is 452 g/mol.